The van der Waals surface area contributed by atoms with Gasteiger partial charge in [-0.05, 0) is 32.4 Å². The molecule has 0 aromatic rings. The minimum absolute atomic E-state index is 0.0260. The standard InChI is InChI=1S/C11H18O4S/c1-3-14-10(12)9(11(13)15-4-2)8-6-5-7-16-8/h8-9H,3-7H2,1-2H3. The summed E-state index contributed by atoms with van der Waals surface area (Å²) < 4.78 is 9.86. The van der Waals surface area contributed by atoms with Gasteiger partial charge in [-0.3, -0.25) is 9.59 Å². The predicted molar refractivity (Wildman–Crippen MR) is 62.2 cm³/mol. The Kier molecular flexibility index (Phi) is 5.66. The first-order chi connectivity index (χ1) is 7.70. The maximum Gasteiger partial charge on any atom is 0.321 e. The lowest BCUT2D eigenvalue weighted by atomic mass is 10.0. The third kappa shape index (κ3) is 3.40. The van der Waals surface area contributed by atoms with Crippen molar-refractivity contribution in [1.82, 2.24) is 0 Å². The summed E-state index contributed by atoms with van der Waals surface area (Å²) in [6.45, 7) is 4.07. The highest BCUT2D eigenvalue weighted by Gasteiger charge is 2.39. The molecule has 0 spiro atoms. The lowest BCUT2D eigenvalue weighted by Gasteiger charge is -2.19. The van der Waals surface area contributed by atoms with Crippen molar-refractivity contribution in [3.63, 3.8) is 0 Å². The molecule has 0 bridgehead atoms. The second-order valence-electron chi connectivity index (χ2n) is 3.53. The van der Waals surface area contributed by atoms with Gasteiger partial charge in [0.25, 0.3) is 0 Å². The first-order valence-electron chi connectivity index (χ1n) is 5.65. The first kappa shape index (κ1) is 13.4. The van der Waals surface area contributed by atoms with Crippen LogP contribution in [0, 0.1) is 5.92 Å². The molecule has 1 atom stereocenters. The second kappa shape index (κ2) is 6.78. The van der Waals surface area contributed by atoms with E-state index in [-0.39, 0.29) is 5.25 Å². The van der Waals surface area contributed by atoms with Crippen LogP contribution in [-0.4, -0.2) is 36.2 Å². The van der Waals surface area contributed by atoms with Crippen molar-refractivity contribution in [2.45, 2.75) is 31.9 Å². The van der Waals surface area contributed by atoms with E-state index >= 15 is 0 Å². The maximum atomic E-state index is 11.7. The van der Waals surface area contributed by atoms with Gasteiger partial charge in [0.05, 0.1) is 13.2 Å². The molecular weight excluding hydrogens is 228 g/mol. The van der Waals surface area contributed by atoms with Gasteiger partial charge >= 0.3 is 11.9 Å². The SMILES string of the molecule is CCOC(=O)C(C(=O)OCC)C1CCCS1. The van der Waals surface area contributed by atoms with E-state index < -0.39 is 17.9 Å². The van der Waals surface area contributed by atoms with Crippen molar-refractivity contribution in [3.05, 3.63) is 0 Å². The van der Waals surface area contributed by atoms with Gasteiger partial charge in [-0.2, -0.15) is 11.8 Å². The van der Waals surface area contributed by atoms with Gasteiger partial charge in [-0.25, -0.2) is 0 Å². The molecule has 1 heterocycles. The number of hydrogen-bond donors (Lipinski definition) is 0. The number of ether oxygens (including phenoxy) is 2. The summed E-state index contributed by atoms with van der Waals surface area (Å²) >= 11 is 1.66. The number of thioether (sulfide) groups is 1. The van der Waals surface area contributed by atoms with E-state index in [9.17, 15) is 9.59 Å². The summed E-state index contributed by atoms with van der Waals surface area (Å²) in [5.74, 6) is -0.631. The van der Waals surface area contributed by atoms with Crippen LogP contribution in [0.4, 0.5) is 0 Å². The van der Waals surface area contributed by atoms with Crippen molar-refractivity contribution in [3.8, 4) is 0 Å². The molecule has 0 aromatic heterocycles. The Balaban J connectivity index is 2.67. The van der Waals surface area contributed by atoms with Gasteiger partial charge in [0.1, 0.15) is 0 Å². The van der Waals surface area contributed by atoms with Gasteiger partial charge in [-0.15, -0.1) is 0 Å². The van der Waals surface area contributed by atoms with Crippen LogP contribution < -0.4 is 0 Å². The average Bonchev–Trinajstić information content (AvgIpc) is 2.72. The highest BCUT2D eigenvalue weighted by atomic mass is 32.2. The van der Waals surface area contributed by atoms with Crippen LogP contribution in [0.5, 0.6) is 0 Å². The summed E-state index contributed by atoms with van der Waals surface area (Å²) in [7, 11) is 0. The Labute approximate surface area is 100 Å². The molecule has 5 heteroatoms. The van der Waals surface area contributed by atoms with Crippen LogP contribution in [0.15, 0.2) is 0 Å². The molecule has 4 nitrogen and oxygen atoms in total. The monoisotopic (exact) mass is 246 g/mol. The van der Waals surface area contributed by atoms with Crippen molar-refractivity contribution in [2.75, 3.05) is 19.0 Å². The molecule has 1 saturated heterocycles. The number of hydrogen-bond acceptors (Lipinski definition) is 5. The van der Waals surface area contributed by atoms with Crippen molar-refractivity contribution in [1.29, 1.82) is 0 Å². The fourth-order valence-electron chi connectivity index (χ4n) is 1.73. The molecule has 1 rings (SSSR count). The van der Waals surface area contributed by atoms with E-state index in [0.29, 0.717) is 13.2 Å². The van der Waals surface area contributed by atoms with Gasteiger partial charge in [0, 0.05) is 5.25 Å². The fraction of sp³-hybridized carbons (Fsp3) is 0.818. The lowest BCUT2D eigenvalue weighted by Crippen LogP contribution is -2.35. The van der Waals surface area contributed by atoms with E-state index in [2.05, 4.69) is 0 Å². The van der Waals surface area contributed by atoms with Crippen LogP contribution in [0.3, 0.4) is 0 Å². The Hall–Kier alpha value is -0.710. The van der Waals surface area contributed by atoms with Gasteiger partial charge in [0.15, 0.2) is 5.92 Å². The molecular formula is C11H18O4S. The molecule has 0 aliphatic carbocycles. The molecule has 1 fully saturated rings. The van der Waals surface area contributed by atoms with Crippen molar-refractivity contribution in [2.24, 2.45) is 5.92 Å². The minimum atomic E-state index is -0.743. The Bertz CT molecular complexity index is 230. The van der Waals surface area contributed by atoms with Crippen LogP contribution in [0.2, 0.25) is 0 Å². The Morgan fingerprint density at radius 2 is 1.81 bits per heavy atom. The quantitative estimate of drug-likeness (QED) is 0.545. The molecule has 0 aromatic carbocycles. The van der Waals surface area contributed by atoms with E-state index in [1.54, 1.807) is 25.6 Å². The second-order valence-corrected chi connectivity index (χ2v) is 4.88. The van der Waals surface area contributed by atoms with Crippen LogP contribution >= 0.6 is 11.8 Å². The topological polar surface area (TPSA) is 52.6 Å². The molecule has 92 valence electrons. The maximum absolute atomic E-state index is 11.7. The van der Waals surface area contributed by atoms with Crippen LogP contribution in [0.25, 0.3) is 0 Å². The molecule has 0 saturated carbocycles. The molecule has 0 amide bonds. The summed E-state index contributed by atoms with van der Waals surface area (Å²) in [6, 6.07) is 0. The van der Waals surface area contributed by atoms with Crippen LogP contribution in [-0.2, 0) is 19.1 Å². The summed E-state index contributed by atoms with van der Waals surface area (Å²) in [4.78, 5) is 23.4. The minimum Gasteiger partial charge on any atom is -0.465 e. The largest absolute Gasteiger partial charge is 0.465 e. The van der Waals surface area contributed by atoms with Gasteiger partial charge in [-0.1, -0.05) is 0 Å². The third-order valence-electron chi connectivity index (χ3n) is 2.42. The molecule has 1 aliphatic rings. The zero-order valence-corrected chi connectivity index (χ0v) is 10.5. The van der Waals surface area contributed by atoms with E-state index in [1.807, 2.05) is 0 Å². The summed E-state index contributed by atoms with van der Waals surface area (Å²) in [5, 5.41) is 0.0260. The van der Waals surface area contributed by atoms with E-state index in [4.69, 9.17) is 9.47 Å². The highest BCUT2D eigenvalue weighted by molar-refractivity contribution is 8.00. The molecule has 1 unspecified atom stereocenters. The third-order valence-corrected chi connectivity index (χ3v) is 3.88. The van der Waals surface area contributed by atoms with Gasteiger partial charge in [0.2, 0.25) is 0 Å². The zero-order valence-electron chi connectivity index (χ0n) is 9.73. The normalized spacial score (nSPS) is 19.8. The molecule has 0 N–H and O–H groups in total. The van der Waals surface area contributed by atoms with Crippen molar-refractivity contribution < 1.29 is 19.1 Å². The number of esters is 2. The molecule has 1 aliphatic heterocycles. The van der Waals surface area contributed by atoms with E-state index in [1.165, 1.54) is 0 Å². The predicted octanol–water partition coefficient (Wildman–Crippen LogP) is 1.62. The average molecular weight is 246 g/mol. The number of rotatable bonds is 5. The summed E-state index contributed by atoms with van der Waals surface area (Å²) in [5.41, 5.74) is 0. The zero-order chi connectivity index (χ0) is 12.0. The number of carbonyl (C=O) groups excluding carboxylic acids is 2. The molecule has 16 heavy (non-hydrogen) atoms. The fourth-order valence-corrected chi connectivity index (χ4v) is 3.11. The van der Waals surface area contributed by atoms with Crippen LogP contribution in [0.1, 0.15) is 26.7 Å². The highest BCUT2D eigenvalue weighted by Crippen LogP contribution is 2.33. The van der Waals surface area contributed by atoms with Gasteiger partial charge < -0.3 is 9.47 Å². The smallest absolute Gasteiger partial charge is 0.321 e. The Morgan fingerprint density at radius 1 is 1.25 bits per heavy atom. The molecule has 0 radical (unpaired) electrons. The van der Waals surface area contributed by atoms with E-state index in [0.717, 1.165) is 18.6 Å². The Morgan fingerprint density at radius 3 is 2.19 bits per heavy atom. The lowest BCUT2D eigenvalue weighted by molar-refractivity contribution is -0.161. The number of carbonyl (C=O) groups is 2. The summed E-state index contributed by atoms with van der Waals surface area (Å²) in [6.07, 6.45) is 1.93. The van der Waals surface area contributed by atoms with Crippen molar-refractivity contribution >= 4 is 23.7 Å². The first-order valence-corrected chi connectivity index (χ1v) is 6.70.